The highest BCUT2D eigenvalue weighted by atomic mass is 19.2. The van der Waals surface area contributed by atoms with Crippen LogP contribution in [0.3, 0.4) is 0 Å². The second-order valence-electron chi connectivity index (χ2n) is 4.15. The van der Waals surface area contributed by atoms with Crippen LogP contribution >= 0.6 is 0 Å². The van der Waals surface area contributed by atoms with Crippen LogP contribution in [0.15, 0.2) is 36.4 Å². The first kappa shape index (κ1) is 14.9. The Kier molecular flexibility index (Phi) is 4.85. The van der Waals surface area contributed by atoms with Crippen LogP contribution in [0.4, 0.5) is 13.2 Å². The molecule has 0 heterocycles. The molecule has 2 rings (SSSR count). The molecule has 2 aromatic carbocycles. The summed E-state index contributed by atoms with van der Waals surface area (Å²) in [6.45, 7) is -0.101. The van der Waals surface area contributed by atoms with E-state index in [1.54, 1.807) is 0 Å². The molecule has 0 unspecified atom stereocenters. The molecule has 0 amide bonds. The van der Waals surface area contributed by atoms with E-state index in [0.29, 0.717) is 5.56 Å². The highest BCUT2D eigenvalue weighted by molar-refractivity contribution is 5.41. The van der Waals surface area contributed by atoms with E-state index in [2.05, 4.69) is 11.8 Å². The summed E-state index contributed by atoms with van der Waals surface area (Å²) in [5.41, 5.74) is 5.79. The molecular weight excluding hydrogens is 279 g/mol. The van der Waals surface area contributed by atoms with E-state index in [9.17, 15) is 13.2 Å². The lowest BCUT2D eigenvalue weighted by Crippen LogP contribution is -2.02. The summed E-state index contributed by atoms with van der Waals surface area (Å²) in [6.07, 6.45) is 0. The molecule has 0 saturated heterocycles. The Bertz CT molecular complexity index is 704. The summed E-state index contributed by atoms with van der Waals surface area (Å²) >= 11 is 0. The van der Waals surface area contributed by atoms with Crippen molar-refractivity contribution in [2.45, 2.75) is 6.61 Å². The van der Waals surface area contributed by atoms with Crippen LogP contribution in [-0.2, 0) is 6.61 Å². The topological polar surface area (TPSA) is 35.2 Å². The molecule has 0 radical (unpaired) electrons. The SMILES string of the molecule is NCC#Cc1ccc(F)c(OCc2cccc(F)c2F)c1. The van der Waals surface area contributed by atoms with Gasteiger partial charge in [-0.15, -0.1) is 0 Å². The monoisotopic (exact) mass is 291 g/mol. The molecule has 0 bridgehead atoms. The third-order valence-corrected chi connectivity index (χ3v) is 2.68. The first-order valence-electron chi connectivity index (χ1n) is 6.16. The fourth-order valence-electron chi connectivity index (χ4n) is 1.66. The van der Waals surface area contributed by atoms with Crippen molar-refractivity contribution in [3.05, 3.63) is 65.0 Å². The molecule has 2 N–H and O–H groups in total. The molecule has 0 aliphatic rings. The van der Waals surface area contributed by atoms with Gasteiger partial charge in [0.05, 0.1) is 6.54 Å². The van der Waals surface area contributed by atoms with Gasteiger partial charge >= 0.3 is 0 Å². The van der Waals surface area contributed by atoms with Gasteiger partial charge in [-0.3, -0.25) is 0 Å². The second-order valence-corrected chi connectivity index (χ2v) is 4.15. The van der Waals surface area contributed by atoms with Crippen LogP contribution < -0.4 is 10.5 Å². The van der Waals surface area contributed by atoms with Gasteiger partial charge in [0.15, 0.2) is 23.2 Å². The Labute approximate surface area is 120 Å². The minimum atomic E-state index is -1.00. The third kappa shape index (κ3) is 3.77. The van der Waals surface area contributed by atoms with E-state index >= 15 is 0 Å². The molecule has 0 saturated carbocycles. The number of benzene rings is 2. The highest BCUT2D eigenvalue weighted by Crippen LogP contribution is 2.21. The molecular formula is C16H12F3NO. The van der Waals surface area contributed by atoms with Gasteiger partial charge in [0.25, 0.3) is 0 Å². The Morgan fingerprint density at radius 3 is 2.62 bits per heavy atom. The zero-order valence-corrected chi connectivity index (χ0v) is 11.0. The average molecular weight is 291 g/mol. The zero-order chi connectivity index (χ0) is 15.2. The van der Waals surface area contributed by atoms with Crippen molar-refractivity contribution in [2.75, 3.05) is 6.54 Å². The molecule has 0 aromatic heterocycles. The Morgan fingerprint density at radius 2 is 1.86 bits per heavy atom. The summed E-state index contributed by atoms with van der Waals surface area (Å²) in [7, 11) is 0. The van der Waals surface area contributed by atoms with Crippen LogP contribution in [0.5, 0.6) is 5.75 Å². The molecule has 0 atom stereocenters. The minimum Gasteiger partial charge on any atom is -0.486 e. The van der Waals surface area contributed by atoms with Crippen molar-refractivity contribution in [3.8, 4) is 17.6 Å². The van der Waals surface area contributed by atoms with E-state index in [1.807, 2.05) is 0 Å². The summed E-state index contributed by atoms with van der Waals surface area (Å²) in [5, 5.41) is 0. The normalized spacial score (nSPS) is 9.90. The van der Waals surface area contributed by atoms with Crippen LogP contribution in [0, 0.1) is 29.3 Å². The molecule has 0 aliphatic heterocycles. The maximum Gasteiger partial charge on any atom is 0.165 e. The number of hydrogen-bond donors (Lipinski definition) is 1. The third-order valence-electron chi connectivity index (χ3n) is 2.68. The largest absolute Gasteiger partial charge is 0.486 e. The van der Waals surface area contributed by atoms with Gasteiger partial charge < -0.3 is 10.5 Å². The molecule has 5 heteroatoms. The lowest BCUT2D eigenvalue weighted by molar-refractivity contribution is 0.282. The van der Waals surface area contributed by atoms with Crippen molar-refractivity contribution >= 4 is 0 Å². The quantitative estimate of drug-likeness (QED) is 0.882. The number of halogens is 3. The number of ether oxygens (including phenoxy) is 1. The van der Waals surface area contributed by atoms with Crippen molar-refractivity contribution in [3.63, 3.8) is 0 Å². The minimum absolute atomic E-state index is 0.00726. The summed E-state index contributed by atoms with van der Waals surface area (Å²) < 4.78 is 45.3. The van der Waals surface area contributed by atoms with E-state index in [-0.39, 0.29) is 24.5 Å². The first-order chi connectivity index (χ1) is 10.1. The predicted octanol–water partition coefficient (Wildman–Crippen LogP) is 2.99. The van der Waals surface area contributed by atoms with Gasteiger partial charge in [-0.2, -0.15) is 0 Å². The standard InChI is InChI=1S/C16H12F3NO/c17-13-7-6-11(3-2-8-20)9-15(13)21-10-12-4-1-5-14(18)16(12)19/h1,4-7,9H,8,10,20H2. The lowest BCUT2D eigenvalue weighted by atomic mass is 10.2. The predicted molar refractivity (Wildman–Crippen MR) is 73.0 cm³/mol. The van der Waals surface area contributed by atoms with Gasteiger partial charge in [-0.25, -0.2) is 13.2 Å². The number of hydrogen-bond acceptors (Lipinski definition) is 2. The fraction of sp³-hybridized carbons (Fsp3) is 0.125. The van der Waals surface area contributed by atoms with Crippen molar-refractivity contribution < 1.29 is 17.9 Å². The molecule has 21 heavy (non-hydrogen) atoms. The highest BCUT2D eigenvalue weighted by Gasteiger charge is 2.10. The number of nitrogens with two attached hydrogens (primary N) is 1. The van der Waals surface area contributed by atoms with Gasteiger partial charge in [0.1, 0.15) is 6.61 Å². The van der Waals surface area contributed by atoms with E-state index < -0.39 is 17.5 Å². The van der Waals surface area contributed by atoms with Gasteiger partial charge in [-0.1, -0.05) is 24.0 Å². The van der Waals surface area contributed by atoms with E-state index in [0.717, 1.165) is 6.07 Å². The van der Waals surface area contributed by atoms with Crippen LogP contribution in [0.2, 0.25) is 0 Å². The van der Waals surface area contributed by atoms with Crippen LogP contribution in [0.25, 0.3) is 0 Å². The van der Waals surface area contributed by atoms with Crippen LogP contribution in [-0.4, -0.2) is 6.54 Å². The lowest BCUT2D eigenvalue weighted by Gasteiger charge is -2.08. The van der Waals surface area contributed by atoms with Crippen molar-refractivity contribution in [1.82, 2.24) is 0 Å². The Balaban J connectivity index is 2.17. The molecule has 2 aromatic rings. The zero-order valence-electron chi connectivity index (χ0n) is 11.0. The van der Waals surface area contributed by atoms with Crippen molar-refractivity contribution in [1.29, 1.82) is 0 Å². The second kappa shape index (κ2) is 6.82. The first-order valence-corrected chi connectivity index (χ1v) is 6.16. The van der Waals surface area contributed by atoms with Gasteiger partial charge in [-0.05, 0) is 24.3 Å². The maximum absolute atomic E-state index is 13.6. The Morgan fingerprint density at radius 1 is 1.05 bits per heavy atom. The van der Waals surface area contributed by atoms with E-state index in [1.165, 1.54) is 30.3 Å². The van der Waals surface area contributed by atoms with Crippen LogP contribution in [0.1, 0.15) is 11.1 Å². The van der Waals surface area contributed by atoms with Crippen molar-refractivity contribution in [2.24, 2.45) is 5.73 Å². The average Bonchev–Trinajstić information content (AvgIpc) is 2.49. The smallest absolute Gasteiger partial charge is 0.165 e. The molecule has 0 aliphatic carbocycles. The van der Waals surface area contributed by atoms with E-state index in [4.69, 9.17) is 10.5 Å². The molecule has 0 spiro atoms. The summed E-state index contributed by atoms with van der Waals surface area (Å²) in [4.78, 5) is 0. The van der Waals surface area contributed by atoms with Gasteiger partial charge in [0, 0.05) is 11.1 Å². The maximum atomic E-state index is 13.6. The molecule has 108 valence electrons. The Hall–Kier alpha value is -2.45. The summed E-state index contributed by atoms with van der Waals surface area (Å²) in [5.74, 6) is 2.70. The number of rotatable bonds is 3. The summed E-state index contributed by atoms with van der Waals surface area (Å²) in [6, 6.07) is 7.79. The fourth-order valence-corrected chi connectivity index (χ4v) is 1.66. The molecule has 0 fully saturated rings. The molecule has 2 nitrogen and oxygen atoms in total. The van der Waals surface area contributed by atoms with Gasteiger partial charge in [0.2, 0.25) is 0 Å².